The van der Waals surface area contributed by atoms with Crippen LogP contribution in [-0.4, -0.2) is 17.4 Å². The van der Waals surface area contributed by atoms with Gasteiger partial charge in [0.15, 0.2) is 0 Å². The molecule has 0 fully saturated rings. The third-order valence-electron chi connectivity index (χ3n) is 2.63. The molecule has 0 atom stereocenters. The number of aromatic nitrogens is 1. The van der Waals surface area contributed by atoms with E-state index in [2.05, 4.69) is 31.5 Å². The summed E-state index contributed by atoms with van der Waals surface area (Å²) in [7, 11) is 0. The molecule has 0 aliphatic rings. The Bertz CT molecular complexity index is 679. The third kappa shape index (κ3) is 4.09. The van der Waals surface area contributed by atoms with Crippen molar-refractivity contribution in [1.29, 1.82) is 0 Å². The number of rotatable bonds is 4. The van der Waals surface area contributed by atoms with Crippen LogP contribution in [0.25, 0.3) is 0 Å². The van der Waals surface area contributed by atoms with E-state index in [4.69, 9.17) is 23.2 Å². The lowest BCUT2D eigenvalue weighted by molar-refractivity contribution is 0.102. The first-order chi connectivity index (χ1) is 10.0. The van der Waals surface area contributed by atoms with E-state index in [9.17, 15) is 4.79 Å². The summed E-state index contributed by atoms with van der Waals surface area (Å²) in [6.45, 7) is 2.64. The lowest BCUT2D eigenvalue weighted by Crippen LogP contribution is -2.13. The maximum atomic E-state index is 12.2. The van der Waals surface area contributed by atoms with Gasteiger partial charge in [-0.1, -0.05) is 39.1 Å². The number of nitrogens with zero attached hydrogens (tertiary/aromatic N) is 1. The summed E-state index contributed by atoms with van der Waals surface area (Å²) in [6, 6.07) is 6.78. The molecule has 1 heterocycles. The fourth-order valence-corrected chi connectivity index (χ4v) is 2.60. The van der Waals surface area contributed by atoms with Gasteiger partial charge in [0.05, 0.1) is 21.3 Å². The molecule has 7 heteroatoms. The van der Waals surface area contributed by atoms with Crippen molar-refractivity contribution in [2.75, 3.05) is 17.2 Å². The molecular formula is C14H12BrCl2N3O. The van der Waals surface area contributed by atoms with Crippen LogP contribution in [0.15, 0.2) is 34.9 Å². The zero-order valence-corrected chi connectivity index (χ0v) is 14.2. The highest BCUT2D eigenvalue weighted by Crippen LogP contribution is 2.26. The minimum absolute atomic E-state index is 0.323. The summed E-state index contributed by atoms with van der Waals surface area (Å²) in [5, 5.41) is 6.57. The van der Waals surface area contributed by atoms with Gasteiger partial charge in [-0.05, 0) is 31.2 Å². The highest BCUT2D eigenvalue weighted by atomic mass is 79.9. The van der Waals surface area contributed by atoms with Crippen molar-refractivity contribution < 1.29 is 4.79 Å². The van der Waals surface area contributed by atoms with Crippen LogP contribution < -0.4 is 10.6 Å². The maximum absolute atomic E-state index is 12.2. The predicted octanol–water partition coefficient (Wildman–Crippen LogP) is 4.84. The van der Waals surface area contributed by atoms with Crippen molar-refractivity contribution in [2.24, 2.45) is 0 Å². The molecule has 110 valence electrons. The Kier molecular flexibility index (Phi) is 5.45. The van der Waals surface area contributed by atoms with Gasteiger partial charge >= 0.3 is 0 Å². The topological polar surface area (TPSA) is 54.0 Å². The van der Waals surface area contributed by atoms with E-state index in [0.717, 1.165) is 4.47 Å². The van der Waals surface area contributed by atoms with Crippen molar-refractivity contribution in [1.82, 2.24) is 4.98 Å². The molecule has 2 aromatic rings. The largest absolute Gasteiger partial charge is 0.369 e. The fraction of sp³-hybridized carbons (Fsp3) is 0.143. The van der Waals surface area contributed by atoms with Gasteiger partial charge in [0, 0.05) is 17.2 Å². The molecule has 0 spiro atoms. The summed E-state index contributed by atoms with van der Waals surface area (Å²) in [4.78, 5) is 16.3. The van der Waals surface area contributed by atoms with E-state index in [0.29, 0.717) is 33.7 Å². The number of halogens is 3. The molecule has 0 radical (unpaired) electrons. The number of carbonyl (C=O) groups excluding carboxylic acids is 1. The molecular weight excluding hydrogens is 377 g/mol. The molecule has 1 aromatic heterocycles. The minimum atomic E-state index is -0.323. The number of amides is 1. The highest BCUT2D eigenvalue weighted by molar-refractivity contribution is 9.10. The Labute approximate surface area is 141 Å². The predicted molar refractivity (Wildman–Crippen MR) is 90.5 cm³/mol. The van der Waals surface area contributed by atoms with Gasteiger partial charge in [-0.25, -0.2) is 4.98 Å². The van der Waals surface area contributed by atoms with Crippen molar-refractivity contribution in [2.45, 2.75) is 6.92 Å². The summed E-state index contributed by atoms with van der Waals surface area (Å²) in [5.74, 6) is 0.231. The second kappa shape index (κ2) is 7.11. The monoisotopic (exact) mass is 387 g/mol. The summed E-state index contributed by atoms with van der Waals surface area (Å²) < 4.78 is 0.838. The summed E-state index contributed by atoms with van der Waals surface area (Å²) in [6.07, 6.45) is 1.46. The number of benzene rings is 1. The average molecular weight is 389 g/mol. The third-order valence-corrected chi connectivity index (χ3v) is 3.72. The Morgan fingerprint density at radius 1 is 1.29 bits per heavy atom. The molecule has 2 N–H and O–H groups in total. The van der Waals surface area contributed by atoms with Crippen LogP contribution in [0.2, 0.25) is 10.0 Å². The number of pyridine rings is 1. The SMILES string of the molecule is CCNc1ncc(C(=O)Nc2ccc(Br)cc2Cl)cc1Cl. The van der Waals surface area contributed by atoms with Gasteiger partial charge in [-0.2, -0.15) is 0 Å². The van der Waals surface area contributed by atoms with E-state index in [1.165, 1.54) is 6.20 Å². The molecule has 0 saturated heterocycles. The quantitative estimate of drug-likeness (QED) is 0.788. The number of hydrogen-bond donors (Lipinski definition) is 2. The Morgan fingerprint density at radius 2 is 2.05 bits per heavy atom. The van der Waals surface area contributed by atoms with E-state index in [-0.39, 0.29) is 5.91 Å². The van der Waals surface area contributed by atoms with Crippen molar-refractivity contribution >= 4 is 56.5 Å². The van der Waals surface area contributed by atoms with E-state index in [1.54, 1.807) is 24.3 Å². The molecule has 1 amide bonds. The first kappa shape index (κ1) is 16.1. The van der Waals surface area contributed by atoms with Crippen molar-refractivity contribution in [3.63, 3.8) is 0 Å². The lowest BCUT2D eigenvalue weighted by atomic mass is 10.2. The Morgan fingerprint density at radius 3 is 2.67 bits per heavy atom. The summed E-state index contributed by atoms with van der Waals surface area (Å²) in [5.41, 5.74) is 0.886. The Balaban J connectivity index is 2.18. The van der Waals surface area contributed by atoms with Crippen LogP contribution in [0, 0.1) is 0 Å². The van der Waals surface area contributed by atoms with Gasteiger partial charge in [0.1, 0.15) is 5.82 Å². The average Bonchev–Trinajstić information content (AvgIpc) is 2.44. The van der Waals surface area contributed by atoms with E-state index in [1.807, 2.05) is 6.92 Å². The highest BCUT2D eigenvalue weighted by Gasteiger charge is 2.11. The molecule has 0 saturated carbocycles. The molecule has 0 aliphatic heterocycles. The van der Waals surface area contributed by atoms with Crippen LogP contribution >= 0.6 is 39.1 Å². The number of nitrogens with one attached hydrogen (secondary N) is 2. The first-order valence-electron chi connectivity index (χ1n) is 6.17. The van der Waals surface area contributed by atoms with Gasteiger partial charge in [-0.15, -0.1) is 0 Å². The second-order valence-electron chi connectivity index (χ2n) is 4.16. The van der Waals surface area contributed by atoms with E-state index < -0.39 is 0 Å². The van der Waals surface area contributed by atoms with Crippen LogP contribution in [0.3, 0.4) is 0 Å². The molecule has 21 heavy (non-hydrogen) atoms. The maximum Gasteiger partial charge on any atom is 0.257 e. The number of carbonyl (C=O) groups is 1. The van der Waals surface area contributed by atoms with Crippen molar-refractivity contribution in [3.8, 4) is 0 Å². The molecule has 0 aliphatic carbocycles. The number of hydrogen-bond acceptors (Lipinski definition) is 3. The second-order valence-corrected chi connectivity index (χ2v) is 5.89. The van der Waals surface area contributed by atoms with Crippen molar-refractivity contribution in [3.05, 3.63) is 50.5 Å². The van der Waals surface area contributed by atoms with Gasteiger partial charge in [-0.3, -0.25) is 4.79 Å². The smallest absolute Gasteiger partial charge is 0.257 e. The van der Waals surface area contributed by atoms with Gasteiger partial charge in [0.2, 0.25) is 0 Å². The molecule has 0 unspecified atom stereocenters. The summed E-state index contributed by atoms with van der Waals surface area (Å²) >= 11 is 15.4. The van der Waals surface area contributed by atoms with Gasteiger partial charge < -0.3 is 10.6 Å². The normalized spacial score (nSPS) is 10.3. The van der Waals surface area contributed by atoms with Crippen LogP contribution in [-0.2, 0) is 0 Å². The fourth-order valence-electron chi connectivity index (χ4n) is 1.64. The van der Waals surface area contributed by atoms with Crippen LogP contribution in [0.4, 0.5) is 11.5 Å². The minimum Gasteiger partial charge on any atom is -0.369 e. The standard InChI is InChI=1S/C14H12BrCl2N3O/c1-2-18-13-11(17)5-8(7-19-13)14(21)20-12-4-3-9(15)6-10(12)16/h3-7H,2H2,1H3,(H,18,19)(H,20,21). The zero-order chi connectivity index (χ0) is 15.4. The van der Waals surface area contributed by atoms with E-state index >= 15 is 0 Å². The van der Waals surface area contributed by atoms with Gasteiger partial charge in [0.25, 0.3) is 5.91 Å². The van der Waals surface area contributed by atoms with Crippen LogP contribution in [0.1, 0.15) is 17.3 Å². The molecule has 2 rings (SSSR count). The molecule has 0 bridgehead atoms. The molecule has 4 nitrogen and oxygen atoms in total. The Hall–Kier alpha value is -1.30. The zero-order valence-electron chi connectivity index (χ0n) is 11.1. The van der Waals surface area contributed by atoms with Crippen LogP contribution in [0.5, 0.6) is 0 Å². The number of anilines is 2. The first-order valence-corrected chi connectivity index (χ1v) is 7.72. The molecule has 1 aromatic carbocycles. The lowest BCUT2D eigenvalue weighted by Gasteiger charge is -2.09.